The van der Waals surface area contributed by atoms with Crippen LogP contribution in [0.3, 0.4) is 0 Å². The quantitative estimate of drug-likeness (QED) is 0.0126. The second kappa shape index (κ2) is 57.1. The zero-order chi connectivity index (χ0) is 111. The maximum Gasteiger partial charge on any atom is 0.381 e. The van der Waals surface area contributed by atoms with Gasteiger partial charge in [0.25, 0.3) is 40.5 Å². The second-order valence-corrected chi connectivity index (χ2v) is 38.4. The van der Waals surface area contributed by atoms with Gasteiger partial charge in [-0.15, -0.1) is 5.10 Å². The Morgan fingerprint density at radius 3 is 1.13 bits per heavy atom. The number of aliphatic hydroxyl groups is 7. The molecule has 0 spiro atoms. The molecule has 0 amide bonds. The van der Waals surface area contributed by atoms with Crippen molar-refractivity contribution in [2.75, 3.05) is 33.0 Å². The number of allylic oxidation sites excluding steroid dienone is 1. The molecule has 67 heteroatoms. The number of hydrogen-bond donors (Lipinski definition) is 7. The average molecular weight is 2190 g/mol. The number of nitrogens with zero attached hydrogens (tertiary/aromatic N) is 24. The van der Waals surface area contributed by atoms with Crippen LogP contribution in [0.1, 0.15) is 92.6 Å². The van der Waals surface area contributed by atoms with Crippen LogP contribution in [0.4, 0.5) is 53.9 Å². The molecule has 0 radical (unpaired) electrons. The fraction of sp³-hybridized carbons (Fsp3) is 0.386. The number of carbonyl (C=O) groups is 2. The number of Topliss-reactive ketones (excluding diaryl/α,β-unsaturated/α-hetero) is 2. The summed E-state index contributed by atoms with van der Waals surface area (Å²) in [5.41, 5.74) is 4.02. The summed E-state index contributed by atoms with van der Waals surface area (Å²) in [5.74, 6) is -4.43. The van der Waals surface area contributed by atoms with Crippen molar-refractivity contribution >= 4 is 92.8 Å². The third kappa shape index (κ3) is 39.3. The predicted octanol–water partition coefficient (Wildman–Crippen LogP) is 6.23. The summed E-state index contributed by atoms with van der Waals surface area (Å²) < 4.78 is 168. The van der Waals surface area contributed by atoms with Crippen molar-refractivity contribution in [2.45, 2.75) is 194 Å². The molecule has 1 fully saturated rings. The van der Waals surface area contributed by atoms with Crippen LogP contribution >= 0.6 is 0 Å². The Balaban J connectivity index is 0.000000240. The number of rotatable bonds is 46. The van der Waals surface area contributed by atoms with Crippen LogP contribution in [-0.2, 0) is 111 Å². The zero-order valence-corrected chi connectivity index (χ0v) is 82.9. The predicted molar refractivity (Wildman–Crippen MR) is 504 cm³/mol. The van der Waals surface area contributed by atoms with Crippen molar-refractivity contribution in [3.8, 4) is 0 Å². The van der Waals surface area contributed by atoms with E-state index in [1.165, 1.54) is 126 Å². The number of benzene rings is 4. The van der Waals surface area contributed by atoms with Gasteiger partial charge in [-0.1, -0.05) is 96.3 Å². The first-order valence-corrected chi connectivity index (χ1v) is 49.2. The maximum atomic E-state index is 12.4. The van der Waals surface area contributed by atoms with Gasteiger partial charge in [0, 0.05) is 19.3 Å². The van der Waals surface area contributed by atoms with Crippen LogP contribution in [-0.4, -0.2) is 273 Å². The molecule has 0 bridgehead atoms. The van der Waals surface area contributed by atoms with Gasteiger partial charge in [-0.2, -0.15) is 42.5 Å². The monoisotopic (exact) mass is 2190 g/mol. The van der Waals surface area contributed by atoms with Gasteiger partial charge >= 0.3 is 46.8 Å². The Kier molecular flexibility index (Phi) is 46.3. The molecule has 60 nitrogen and oxygen atoms in total. The number of aliphatic hydroxyl groups excluding tert-OH is 7. The Labute approximate surface area is 847 Å². The number of unbranched alkanes of at least 4 members (excludes halogenated alkanes) is 1. The molecule has 0 aliphatic carbocycles. The summed E-state index contributed by atoms with van der Waals surface area (Å²) in [6.45, 7) is 8.80. The van der Waals surface area contributed by atoms with Crippen molar-refractivity contribution in [1.82, 2.24) is 81.9 Å². The van der Waals surface area contributed by atoms with Gasteiger partial charge in [-0.05, 0) is 158 Å². The molecule has 8 aromatic heterocycles. The number of ketones is 2. The highest BCUT2D eigenvalue weighted by atomic mass is 32.2. The second-order valence-electron chi connectivity index (χ2n) is 32.0. The number of carbonyl (C=O) groups excluding carboxylic acids is 2. The van der Waals surface area contributed by atoms with Gasteiger partial charge in [-0.25, -0.2) is 9.07 Å². The fourth-order valence-electron chi connectivity index (χ4n) is 12.0. The van der Waals surface area contributed by atoms with E-state index in [4.69, 9.17) is 21.5 Å². The minimum Gasteiger partial charge on any atom is -0.394 e. The van der Waals surface area contributed by atoms with Crippen LogP contribution in [0.2, 0.25) is 0 Å². The molecule has 9 atom stereocenters. The molecule has 150 heavy (non-hydrogen) atoms. The van der Waals surface area contributed by atoms with Crippen LogP contribution < -0.4 is 0 Å². The van der Waals surface area contributed by atoms with E-state index in [-0.39, 0.29) is 88.0 Å². The number of aromatic nitrogens is 17. The third-order valence-corrected chi connectivity index (χ3v) is 25.3. The van der Waals surface area contributed by atoms with E-state index in [1.807, 2.05) is 34.6 Å². The molecule has 1 aliphatic rings. The van der Waals surface area contributed by atoms with Crippen LogP contribution in [0, 0.1) is 98.5 Å². The topological polar surface area (TPSA) is 816 Å². The number of imidazole rings is 7. The lowest BCUT2D eigenvalue weighted by Gasteiger charge is -2.17. The Bertz CT molecular complexity index is 7050. The zero-order valence-electron chi connectivity index (χ0n) is 79.6. The number of nitro groups is 7. The molecule has 1 saturated heterocycles. The highest BCUT2D eigenvalue weighted by Crippen LogP contribution is 2.32. The van der Waals surface area contributed by atoms with E-state index in [9.17, 15) is 163 Å². The van der Waals surface area contributed by atoms with Gasteiger partial charge in [0.2, 0.25) is 44.3 Å². The van der Waals surface area contributed by atoms with Crippen molar-refractivity contribution < 1.29 is 148 Å². The molecule has 812 valence electrons. The first kappa shape index (κ1) is 121. The van der Waals surface area contributed by atoms with Crippen molar-refractivity contribution in [3.63, 3.8) is 0 Å². The normalized spacial score (nSPS) is 14.8. The Morgan fingerprint density at radius 1 is 0.420 bits per heavy atom. The van der Waals surface area contributed by atoms with E-state index in [0.29, 0.717) is 25.1 Å². The summed E-state index contributed by atoms with van der Waals surface area (Å²) in [6, 6.07) is 23.5. The molecular formula is C83H99F3N24O36S4. The van der Waals surface area contributed by atoms with Crippen LogP contribution in [0.25, 0.3) is 0 Å². The van der Waals surface area contributed by atoms with Gasteiger partial charge in [0.1, 0.15) is 85.6 Å². The highest BCUT2D eigenvalue weighted by Gasteiger charge is 2.45. The van der Waals surface area contributed by atoms with Gasteiger partial charge in [0.15, 0.2) is 23.6 Å². The molecule has 1 aliphatic heterocycles. The van der Waals surface area contributed by atoms with E-state index < -0.39 is 204 Å². The molecular weight excluding hydrogens is 2090 g/mol. The van der Waals surface area contributed by atoms with Crippen LogP contribution in [0.15, 0.2) is 222 Å². The molecule has 13 rings (SSSR count). The first-order chi connectivity index (χ1) is 70.6. The number of aryl methyl sites for hydroxylation is 4. The lowest BCUT2D eigenvalue weighted by atomic mass is 10.1. The summed E-state index contributed by atoms with van der Waals surface area (Å²) >= 11 is 0. The van der Waals surface area contributed by atoms with Crippen molar-refractivity contribution in [3.05, 3.63) is 302 Å². The third-order valence-electron chi connectivity index (χ3n) is 20.1. The molecule has 12 aromatic rings. The number of halogens is 3. The summed E-state index contributed by atoms with van der Waals surface area (Å²) in [7, 11) is -16.1. The SMILES string of the molecule is CCC(O)Cn1cnc([N+](=O)[O-])c1.CCCCC(=O)Cn1cnc([N+](=O)[O-])c1.Cc1ccc(S(=O)(=O)OCC(CO)n2cc(Cn3cnc([N+](=O)[O-])c3)nn2)cc1.Cc1ccc(S(=O)(=O)OCC(O)C(O)Cn2cnc([N+](=O)[O-])c2)cc1.Cc1ccc(S(=O)(=O)OCC(O)Cn2cnc([N+](=O)[O-])c2)cc1.Cc1ccc(S(=O)(=O)OCC2OC(n3cnc([N+](=O)[O-])c3)C(O)C2O)cc1.O=C(CCC(F)=C(F)F)Cn1cnc([N+](=O)[O-])c1. The fourth-order valence-corrected chi connectivity index (χ4v) is 15.7. The average Bonchev–Trinajstić information content (AvgIpc) is 1.64. The molecule has 4 aromatic carbocycles. The van der Waals surface area contributed by atoms with E-state index >= 15 is 0 Å². The van der Waals surface area contributed by atoms with Crippen molar-refractivity contribution in [2.24, 2.45) is 0 Å². The van der Waals surface area contributed by atoms with Gasteiger partial charge < -0.3 is 139 Å². The largest absolute Gasteiger partial charge is 0.394 e. The molecule has 9 heterocycles. The van der Waals surface area contributed by atoms with Crippen molar-refractivity contribution in [1.29, 1.82) is 0 Å². The lowest BCUT2D eigenvalue weighted by Crippen LogP contribution is -2.34. The minimum atomic E-state index is -4.08. The molecule has 9 unspecified atom stereocenters. The van der Waals surface area contributed by atoms with Gasteiger partial charge in [0.05, 0.1) is 110 Å². The number of ether oxygens (including phenoxy) is 1. The smallest absolute Gasteiger partial charge is 0.381 e. The maximum absolute atomic E-state index is 12.4. The van der Waals surface area contributed by atoms with E-state index in [2.05, 4.69) is 45.2 Å². The lowest BCUT2D eigenvalue weighted by molar-refractivity contribution is -0.389. The number of hydrogen-bond acceptors (Lipinski definition) is 45. The van der Waals surface area contributed by atoms with E-state index in [1.54, 1.807) is 55.5 Å². The molecule has 0 saturated carbocycles. The molecule has 7 N–H and O–H groups in total. The van der Waals surface area contributed by atoms with Gasteiger partial charge in [-0.3, -0.25) is 30.9 Å². The van der Waals surface area contributed by atoms with Crippen LogP contribution in [0.5, 0.6) is 0 Å². The highest BCUT2D eigenvalue weighted by molar-refractivity contribution is 7.87. The first-order valence-electron chi connectivity index (χ1n) is 43.6. The minimum absolute atomic E-state index is 0.00595. The Hall–Kier alpha value is -15.5. The Morgan fingerprint density at radius 2 is 0.760 bits per heavy atom. The van der Waals surface area contributed by atoms with E-state index in [0.717, 1.165) is 88.0 Å². The standard InChI is InChI=1S/C16H18N6O6S.C15H17N3O8S.C14H17N3O7S.C13H15N3O6S.C9H8F3N3O3.C9H13N3O3.C7H11N3O3/c1-12-2-4-15(5-3-12)29(26,27)28-10-14(9-23)21-7-13(18-19-21)6-20-8-16(17-11-20)22(24)25;1-9-2-4-10(5-3-9)27(23,24)25-7-11-13(19)14(20)15(26-11)17-6-12(16-8-17)18(21)22;1-10-2-4-11(5-3-10)25(22,23)24-8-13(19)12(18)6-16-7-14(15-9-16)17(20)21;1-10-2-4-12(5-3-10)23(20,21)22-8-11(17)6-15-7-13(14-9-15)16(18)19;10-7(9(11)12)2-1-6(16)3-14-4-8(13-5-14)15(17)18;1-2-3-4-8(13)5-11-6-9(10-7-11)12(14)15;1-2-6(11)3-9-4-7(8-5-9)10(12)13/h2-5,7-8,11,14,23H,6,9-10H2,1H3;2-6,8,11,13-15,19-20H,7H2,1H3;2-5,7,9,12-13,18-19H,6,8H2,1H3;2-5,7,9,11,17H,6,8H2,1H3;4-5H,1-3H2;6-7H,2-5H2,1H3;4-6,11H,2-3H2,1H3. The summed E-state index contributed by atoms with van der Waals surface area (Å²) in [6.07, 6.45) is 7.62. The summed E-state index contributed by atoms with van der Waals surface area (Å²) in [5, 5.41) is 150. The summed E-state index contributed by atoms with van der Waals surface area (Å²) in [4.78, 5) is 116.